The molecule has 0 saturated carbocycles. The van der Waals surface area contributed by atoms with Crippen molar-refractivity contribution in [2.45, 2.75) is 39.5 Å². The number of aliphatic carboxylic acids is 1. The van der Waals surface area contributed by atoms with Gasteiger partial charge in [0.15, 0.2) is 0 Å². The van der Waals surface area contributed by atoms with Crippen molar-refractivity contribution >= 4 is 13.3 Å². The number of rotatable bonds is 5. The third-order valence-electron chi connectivity index (χ3n) is 1.73. The molecule has 0 radical (unpaired) electrons. The van der Waals surface area contributed by atoms with E-state index in [0.29, 0.717) is 6.42 Å². The van der Waals surface area contributed by atoms with E-state index in [1.165, 1.54) is 0 Å². The smallest absolute Gasteiger partial charge is 0.907 e. The zero-order valence-corrected chi connectivity index (χ0v) is 9.83. The Morgan fingerprint density at radius 2 is 1.67 bits per heavy atom. The van der Waals surface area contributed by atoms with Crippen LogP contribution in [0.15, 0.2) is 0 Å². The quantitative estimate of drug-likeness (QED) is 0.490. The molecular formula is C8H15BNiO5. The number of carbonyl (C=O) groups is 1. The van der Waals surface area contributed by atoms with E-state index in [9.17, 15) is 9.90 Å². The van der Waals surface area contributed by atoms with E-state index >= 15 is 0 Å². The first kappa shape index (κ1) is 20.3. The van der Waals surface area contributed by atoms with Crippen molar-refractivity contribution in [2.24, 2.45) is 5.92 Å². The Labute approximate surface area is 101 Å². The summed E-state index contributed by atoms with van der Waals surface area (Å²) in [6.07, 6.45) is 3.52. The maximum Gasteiger partial charge on any atom is 4.00 e. The topological polar surface area (TPSA) is 109 Å². The normalized spacial score (nSPS) is 10.5. The number of carboxylic acids is 1. The van der Waals surface area contributed by atoms with E-state index in [2.05, 4.69) is 6.92 Å². The van der Waals surface area contributed by atoms with Crippen molar-refractivity contribution in [1.29, 1.82) is 0 Å². The number of carboxylic acid groups (broad SMARTS) is 1. The number of hydrogen-bond acceptors (Lipinski definition) is 5. The average molecular weight is 261 g/mol. The van der Waals surface area contributed by atoms with Crippen LogP contribution in [-0.2, 0) is 21.3 Å². The fraction of sp³-hybridized carbons (Fsp3) is 0.875. The predicted molar refractivity (Wildman–Crippen MR) is 44.1 cm³/mol. The van der Waals surface area contributed by atoms with Crippen LogP contribution < -0.4 is 20.2 Å². The van der Waals surface area contributed by atoms with Gasteiger partial charge >= 0.3 is 16.5 Å². The number of carbonyl (C=O) groups excluding carboxylic acids is 1. The molecule has 0 aliphatic carbocycles. The molecule has 0 aliphatic rings. The molecule has 1 atom stereocenters. The molecule has 0 aliphatic heterocycles. The molecule has 0 aromatic heterocycles. The first-order valence-electron chi connectivity index (χ1n) is 4.63. The second kappa shape index (κ2) is 13.9. The minimum atomic E-state index is -2.92. The van der Waals surface area contributed by atoms with Gasteiger partial charge in [0, 0.05) is 5.97 Å². The minimum absolute atomic E-state index is 0. The van der Waals surface area contributed by atoms with E-state index < -0.39 is 13.3 Å². The van der Waals surface area contributed by atoms with Crippen molar-refractivity contribution in [3.63, 3.8) is 0 Å². The zero-order valence-electron chi connectivity index (χ0n) is 8.84. The van der Waals surface area contributed by atoms with Crippen LogP contribution >= 0.6 is 0 Å². The van der Waals surface area contributed by atoms with Crippen LogP contribution in [0.25, 0.3) is 0 Å². The molecule has 15 heavy (non-hydrogen) atoms. The molecule has 0 aromatic rings. The Balaban J connectivity index is -0.000000249. The summed E-state index contributed by atoms with van der Waals surface area (Å²) in [6.45, 7) is 3.94. The molecule has 1 unspecified atom stereocenters. The monoisotopic (exact) mass is 260 g/mol. The van der Waals surface area contributed by atoms with Crippen LogP contribution in [0.2, 0.25) is 0 Å². The van der Waals surface area contributed by atoms with Gasteiger partial charge in [-0.05, 0) is 18.8 Å². The largest absolute Gasteiger partial charge is 4.00 e. The van der Waals surface area contributed by atoms with Gasteiger partial charge in [-0.3, -0.25) is 7.32 Å². The molecule has 0 fully saturated rings. The van der Waals surface area contributed by atoms with Crippen LogP contribution in [0, 0.1) is 5.92 Å². The van der Waals surface area contributed by atoms with Gasteiger partial charge in [0.25, 0.3) is 0 Å². The Morgan fingerprint density at radius 1 is 1.27 bits per heavy atom. The van der Waals surface area contributed by atoms with E-state index in [4.69, 9.17) is 15.1 Å². The Kier molecular flexibility index (Phi) is 18.9. The van der Waals surface area contributed by atoms with Crippen molar-refractivity contribution in [3.8, 4) is 0 Å². The van der Waals surface area contributed by atoms with Crippen LogP contribution in [0.3, 0.4) is 0 Å². The summed E-state index contributed by atoms with van der Waals surface area (Å²) in [4.78, 5) is 10.3. The number of hydrogen-bond donors (Lipinski definition) is 0. The van der Waals surface area contributed by atoms with Crippen molar-refractivity contribution < 1.29 is 41.5 Å². The third-order valence-corrected chi connectivity index (χ3v) is 1.73. The molecule has 0 heterocycles. The molecule has 0 N–H and O–H groups in total. The van der Waals surface area contributed by atoms with Gasteiger partial charge in [0.05, 0.1) is 0 Å². The maximum atomic E-state index is 10.3. The molecule has 0 aromatic carbocycles. The van der Waals surface area contributed by atoms with Gasteiger partial charge in [-0.25, -0.2) is 0 Å². The SMILES string of the molecule is CCCCC(CC)C(=O)[O-].[Ni+4].[O-]B([O-])[O-]. The minimum Gasteiger partial charge on any atom is -0.907 e. The molecule has 0 saturated heterocycles. The molecule has 0 amide bonds. The fourth-order valence-electron chi connectivity index (χ4n) is 0.939. The van der Waals surface area contributed by atoms with Gasteiger partial charge in [0.1, 0.15) is 0 Å². The Hall–Kier alpha value is -0.0916. The summed E-state index contributed by atoms with van der Waals surface area (Å²) in [5.74, 6) is -1.11. The molecule has 5 nitrogen and oxygen atoms in total. The van der Waals surface area contributed by atoms with E-state index in [-0.39, 0.29) is 22.4 Å². The van der Waals surface area contributed by atoms with Gasteiger partial charge in [-0.15, -0.1) is 0 Å². The van der Waals surface area contributed by atoms with Gasteiger partial charge in [-0.1, -0.05) is 26.7 Å². The van der Waals surface area contributed by atoms with E-state index in [0.717, 1.165) is 19.3 Å². The standard InChI is InChI=1S/C8H16O2.BO3.Ni/c1-3-5-6-7(4-2)8(9)10;2-1(3)4;/h7H,3-6H2,1-2H3,(H,9,10);;/q;-3;+4/p-1. The summed E-state index contributed by atoms with van der Waals surface area (Å²) < 4.78 is 0. The summed E-state index contributed by atoms with van der Waals surface area (Å²) in [5.41, 5.74) is 0. The first-order valence-corrected chi connectivity index (χ1v) is 4.63. The van der Waals surface area contributed by atoms with E-state index in [1.54, 1.807) is 0 Å². The van der Waals surface area contributed by atoms with Crippen LogP contribution in [0.4, 0.5) is 0 Å². The summed E-state index contributed by atoms with van der Waals surface area (Å²) >= 11 is 0. The molecule has 0 bridgehead atoms. The van der Waals surface area contributed by atoms with Gasteiger partial charge < -0.3 is 25.0 Å². The van der Waals surface area contributed by atoms with Crippen molar-refractivity contribution in [3.05, 3.63) is 0 Å². The molecular weight excluding hydrogens is 246 g/mol. The van der Waals surface area contributed by atoms with E-state index in [1.807, 2.05) is 6.92 Å². The van der Waals surface area contributed by atoms with Crippen LogP contribution in [-0.4, -0.2) is 13.3 Å². The summed E-state index contributed by atoms with van der Waals surface area (Å²) in [5, 5.41) is 35.6. The molecule has 0 spiro atoms. The predicted octanol–water partition coefficient (Wildman–Crippen LogP) is -3.00. The van der Waals surface area contributed by atoms with Crippen LogP contribution in [0.5, 0.6) is 0 Å². The Bertz CT molecular complexity index is 142. The molecule has 0 rings (SSSR count). The summed E-state index contributed by atoms with van der Waals surface area (Å²) in [6, 6.07) is 0. The van der Waals surface area contributed by atoms with Gasteiger partial charge in [-0.2, -0.15) is 0 Å². The van der Waals surface area contributed by atoms with Gasteiger partial charge in [0.2, 0.25) is 0 Å². The van der Waals surface area contributed by atoms with Crippen molar-refractivity contribution in [1.82, 2.24) is 0 Å². The molecule has 90 valence electrons. The van der Waals surface area contributed by atoms with Crippen LogP contribution in [0.1, 0.15) is 39.5 Å². The average Bonchev–Trinajstić information content (AvgIpc) is 2.04. The number of unbranched alkanes of at least 4 members (excludes halogenated alkanes) is 1. The first-order chi connectivity index (χ1) is 6.45. The maximum absolute atomic E-state index is 10.3. The zero-order chi connectivity index (χ0) is 11.6. The Morgan fingerprint density at radius 3 is 1.87 bits per heavy atom. The fourth-order valence-corrected chi connectivity index (χ4v) is 0.939. The third kappa shape index (κ3) is 20.1. The summed E-state index contributed by atoms with van der Waals surface area (Å²) in [7, 11) is -2.92. The molecule has 7 heteroatoms. The second-order valence-corrected chi connectivity index (χ2v) is 2.86. The second-order valence-electron chi connectivity index (χ2n) is 2.86. The van der Waals surface area contributed by atoms with Crippen molar-refractivity contribution in [2.75, 3.05) is 0 Å².